The van der Waals surface area contributed by atoms with E-state index in [9.17, 15) is 4.79 Å². The van der Waals surface area contributed by atoms with Crippen LogP contribution >= 0.6 is 23.2 Å². The number of carbonyl (C=O) groups is 1. The number of benzene rings is 2. The van der Waals surface area contributed by atoms with Gasteiger partial charge in [0.2, 0.25) is 0 Å². The zero-order chi connectivity index (χ0) is 19.0. The maximum absolute atomic E-state index is 12.9. The molecule has 0 saturated carbocycles. The van der Waals surface area contributed by atoms with Crippen molar-refractivity contribution in [3.05, 3.63) is 63.6 Å². The van der Waals surface area contributed by atoms with Crippen molar-refractivity contribution >= 4 is 35.4 Å². The third-order valence-electron chi connectivity index (χ3n) is 4.79. The highest BCUT2D eigenvalue weighted by Gasteiger charge is 2.40. The number of rotatable bonds is 4. The number of carbonyl (C=O) groups excluding carboxylic acids is 1. The van der Waals surface area contributed by atoms with Gasteiger partial charge in [0.1, 0.15) is 18.1 Å². The van der Waals surface area contributed by atoms with Gasteiger partial charge in [-0.05, 0) is 41.8 Å². The van der Waals surface area contributed by atoms with E-state index < -0.39 is 0 Å². The molecule has 2 aromatic carbocycles. The van der Waals surface area contributed by atoms with Gasteiger partial charge in [-0.2, -0.15) is 5.10 Å². The lowest BCUT2D eigenvalue weighted by Gasteiger charge is -2.30. The van der Waals surface area contributed by atoms with Gasteiger partial charge in [-0.15, -0.1) is 0 Å². The summed E-state index contributed by atoms with van der Waals surface area (Å²) in [6.07, 6.45) is 2.32. The number of amides is 1. The van der Waals surface area contributed by atoms with Crippen LogP contribution in [0.2, 0.25) is 10.0 Å². The average molecular weight is 405 g/mol. The molecule has 2 aliphatic heterocycles. The quantitative estimate of drug-likeness (QED) is 0.845. The number of methoxy groups -OCH3 is 1. The third kappa shape index (κ3) is 3.60. The number of halogens is 2. The molecule has 2 unspecified atom stereocenters. The van der Waals surface area contributed by atoms with Crippen LogP contribution in [0.1, 0.15) is 23.6 Å². The van der Waals surface area contributed by atoms with E-state index in [-0.39, 0.29) is 18.0 Å². The van der Waals surface area contributed by atoms with Crippen LogP contribution in [-0.2, 0) is 11.3 Å². The number of nitrogens with one attached hydrogen (secondary N) is 1. The normalized spacial score (nSPS) is 21.5. The molecular weight excluding hydrogens is 387 g/mol. The molecule has 0 spiro atoms. The Balaban J connectivity index is 1.47. The lowest BCUT2D eigenvalue weighted by atomic mass is 10.0. The second-order valence-electron chi connectivity index (χ2n) is 6.49. The number of hydrogen-bond acceptors (Lipinski definition) is 5. The Morgan fingerprint density at radius 1 is 1.19 bits per heavy atom. The number of nitrogens with zero attached hydrogens (tertiary/aromatic N) is 3. The van der Waals surface area contributed by atoms with Gasteiger partial charge < -0.3 is 4.74 Å². The first kappa shape index (κ1) is 18.1. The zero-order valence-corrected chi connectivity index (χ0v) is 16.1. The van der Waals surface area contributed by atoms with Crippen LogP contribution in [0.5, 0.6) is 5.75 Å². The fourth-order valence-electron chi connectivity index (χ4n) is 3.32. The summed E-state index contributed by atoms with van der Waals surface area (Å²) in [7, 11) is 1.64. The molecule has 1 N–H and O–H groups in total. The Labute approximate surface area is 167 Å². The highest BCUT2D eigenvalue weighted by Crippen LogP contribution is 2.31. The van der Waals surface area contributed by atoms with Crippen LogP contribution in [0.25, 0.3) is 0 Å². The molecule has 27 heavy (non-hydrogen) atoms. The molecule has 2 aromatic rings. The molecule has 4 rings (SSSR count). The summed E-state index contributed by atoms with van der Waals surface area (Å²) in [5.74, 6) is 0.756. The molecule has 1 amide bonds. The Bertz CT molecular complexity index is 888. The minimum atomic E-state index is -0.294. The smallest absolute Gasteiger partial charge is 0.267 e. The second-order valence-corrected chi connectivity index (χ2v) is 7.30. The third-order valence-corrected chi connectivity index (χ3v) is 5.53. The van der Waals surface area contributed by atoms with Gasteiger partial charge in [0.15, 0.2) is 0 Å². The molecule has 1 saturated heterocycles. The first-order valence-corrected chi connectivity index (χ1v) is 9.28. The van der Waals surface area contributed by atoms with Crippen LogP contribution in [0.3, 0.4) is 0 Å². The van der Waals surface area contributed by atoms with E-state index in [4.69, 9.17) is 27.9 Å². The standard InChI is InChI=1S/C19H18Cl2N4O2/c1-27-14-5-3-13(4-6-14)17-9-18-19(26)24(22-11-25(18)23-17)10-12-2-7-15(20)16(21)8-12/h2-8,11,17-18,23H,9-10H2,1H3. The van der Waals surface area contributed by atoms with Crippen molar-refractivity contribution in [1.29, 1.82) is 0 Å². The Morgan fingerprint density at radius 2 is 1.96 bits per heavy atom. The summed E-state index contributed by atoms with van der Waals surface area (Å²) in [6, 6.07) is 12.9. The summed E-state index contributed by atoms with van der Waals surface area (Å²) < 4.78 is 5.20. The fourth-order valence-corrected chi connectivity index (χ4v) is 3.64. The average Bonchev–Trinajstić information content (AvgIpc) is 3.12. The summed E-state index contributed by atoms with van der Waals surface area (Å²) in [5.41, 5.74) is 5.31. The van der Waals surface area contributed by atoms with Gasteiger partial charge in [0, 0.05) is 0 Å². The molecule has 0 aliphatic carbocycles. The van der Waals surface area contributed by atoms with Crippen LogP contribution < -0.4 is 10.2 Å². The lowest BCUT2D eigenvalue weighted by molar-refractivity contribution is -0.137. The van der Waals surface area contributed by atoms with E-state index in [1.54, 1.807) is 30.6 Å². The van der Waals surface area contributed by atoms with Crippen LogP contribution in [0, 0.1) is 0 Å². The van der Waals surface area contributed by atoms with Gasteiger partial charge in [-0.25, -0.2) is 10.4 Å². The Kier molecular flexibility index (Phi) is 4.95. The SMILES string of the molecule is COc1ccc(C2CC3C(=O)N(Cc4ccc(Cl)c(Cl)c4)N=CN3N2)cc1. The molecule has 140 valence electrons. The number of hydrazine groups is 1. The molecule has 8 heteroatoms. The van der Waals surface area contributed by atoms with Crippen molar-refractivity contribution in [2.75, 3.05) is 7.11 Å². The number of ether oxygens (including phenoxy) is 1. The number of fused-ring (bicyclic) bond motifs is 1. The van der Waals surface area contributed by atoms with Gasteiger partial charge in [-0.3, -0.25) is 9.80 Å². The van der Waals surface area contributed by atoms with Crippen LogP contribution in [0.15, 0.2) is 47.6 Å². The molecule has 2 aliphatic rings. The maximum atomic E-state index is 12.9. The highest BCUT2D eigenvalue weighted by atomic mass is 35.5. The monoisotopic (exact) mass is 404 g/mol. The molecule has 0 aromatic heterocycles. The largest absolute Gasteiger partial charge is 0.497 e. The predicted octanol–water partition coefficient (Wildman–Crippen LogP) is 3.61. The summed E-state index contributed by atoms with van der Waals surface area (Å²) >= 11 is 12.0. The predicted molar refractivity (Wildman–Crippen MR) is 105 cm³/mol. The maximum Gasteiger partial charge on any atom is 0.267 e. The Morgan fingerprint density at radius 3 is 2.67 bits per heavy atom. The number of hydrogen-bond donors (Lipinski definition) is 1. The second kappa shape index (κ2) is 7.38. The van der Waals surface area contributed by atoms with E-state index in [0.29, 0.717) is 23.0 Å². The van der Waals surface area contributed by atoms with Crippen LogP contribution in [0.4, 0.5) is 0 Å². The van der Waals surface area contributed by atoms with E-state index in [1.165, 1.54) is 5.01 Å². The summed E-state index contributed by atoms with van der Waals surface area (Å²) in [6.45, 7) is 0.351. The van der Waals surface area contributed by atoms with Crippen LogP contribution in [-0.4, -0.2) is 35.4 Å². The van der Waals surface area contributed by atoms with Crippen molar-refractivity contribution in [3.8, 4) is 5.75 Å². The molecule has 1 fully saturated rings. The number of hydrazone groups is 1. The molecule has 2 atom stereocenters. The van der Waals surface area contributed by atoms with Crippen molar-refractivity contribution in [2.45, 2.75) is 25.0 Å². The molecule has 0 radical (unpaired) electrons. The molecular formula is C19H18Cl2N4O2. The van der Waals surface area contributed by atoms with Gasteiger partial charge >= 0.3 is 0 Å². The van der Waals surface area contributed by atoms with Crippen molar-refractivity contribution in [3.63, 3.8) is 0 Å². The minimum absolute atomic E-state index is 0.0428. The van der Waals surface area contributed by atoms with Crippen molar-refractivity contribution in [1.82, 2.24) is 15.4 Å². The van der Waals surface area contributed by atoms with E-state index in [0.717, 1.165) is 16.9 Å². The summed E-state index contributed by atoms with van der Waals surface area (Å²) in [4.78, 5) is 12.9. The van der Waals surface area contributed by atoms with Gasteiger partial charge in [0.25, 0.3) is 5.91 Å². The topological polar surface area (TPSA) is 57.2 Å². The van der Waals surface area contributed by atoms with Crippen molar-refractivity contribution in [2.24, 2.45) is 5.10 Å². The lowest BCUT2D eigenvalue weighted by Crippen LogP contribution is -2.50. The zero-order valence-electron chi connectivity index (χ0n) is 14.6. The first-order chi connectivity index (χ1) is 13.0. The van der Waals surface area contributed by atoms with E-state index in [1.807, 2.05) is 30.3 Å². The highest BCUT2D eigenvalue weighted by molar-refractivity contribution is 6.42. The molecule has 0 bridgehead atoms. The Hall–Kier alpha value is -2.28. The minimum Gasteiger partial charge on any atom is -0.497 e. The first-order valence-electron chi connectivity index (χ1n) is 8.53. The summed E-state index contributed by atoms with van der Waals surface area (Å²) in [5, 5.41) is 8.49. The van der Waals surface area contributed by atoms with Gasteiger partial charge in [0.05, 0.1) is 29.7 Å². The molecule has 6 nitrogen and oxygen atoms in total. The van der Waals surface area contributed by atoms with Gasteiger partial charge in [-0.1, -0.05) is 41.4 Å². The van der Waals surface area contributed by atoms with E-state index >= 15 is 0 Å². The van der Waals surface area contributed by atoms with Crippen molar-refractivity contribution < 1.29 is 9.53 Å². The molecule has 2 heterocycles. The fraction of sp³-hybridized carbons (Fsp3) is 0.263. The van der Waals surface area contributed by atoms with E-state index in [2.05, 4.69) is 10.5 Å².